The van der Waals surface area contributed by atoms with Crippen molar-refractivity contribution in [1.29, 1.82) is 0 Å². The highest BCUT2D eigenvalue weighted by Gasteiger charge is 2.27. The second-order valence-electron chi connectivity index (χ2n) is 7.49. The van der Waals surface area contributed by atoms with Crippen LogP contribution >= 0.6 is 11.3 Å². The minimum Gasteiger partial charge on any atom is -0.383 e. The van der Waals surface area contributed by atoms with Gasteiger partial charge in [0.2, 0.25) is 0 Å². The van der Waals surface area contributed by atoms with Crippen molar-refractivity contribution in [3.05, 3.63) is 63.1 Å². The minimum absolute atomic E-state index is 0.105. The largest absolute Gasteiger partial charge is 0.383 e. The number of carbonyl (C=O) groups excluding carboxylic acids is 1. The molecule has 1 fully saturated rings. The molecule has 0 atom stereocenters. The molecule has 1 aromatic heterocycles. The Morgan fingerprint density at radius 3 is 2.77 bits per heavy atom. The van der Waals surface area contributed by atoms with Gasteiger partial charge in [0.25, 0.3) is 11.6 Å². The molecule has 0 unspecified atom stereocenters. The first-order valence-electron chi connectivity index (χ1n) is 10.2. The molecular weight excluding hydrogens is 416 g/mol. The second kappa shape index (κ2) is 9.40. The summed E-state index contributed by atoms with van der Waals surface area (Å²) in [6, 6.07) is 12.7. The van der Waals surface area contributed by atoms with E-state index in [9.17, 15) is 14.9 Å². The van der Waals surface area contributed by atoms with Crippen LogP contribution in [0.15, 0.2) is 42.5 Å². The number of hydrogen-bond acceptors (Lipinski definition) is 7. The van der Waals surface area contributed by atoms with Crippen molar-refractivity contribution in [1.82, 2.24) is 9.88 Å². The number of thiazole rings is 1. The molecule has 0 radical (unpaired) electrons. The number of nitrogens with zero attached hydrogens (tertiary/aromatic N) is 3. The van der Waals surface area contributed by atoms with Gasteiger partial charge >= 0.3 is 0 Å². The summed E-state index contributed by atoms with van der Waals surface area (Å²) in [6.45, 7) is 2.10. The molecule has 162 valence electrons. The average molecular weight is 441 g/mol. The van der Waals surface area contributed by atoms with Gasteiger partial charge in [0.1, 0.15) is 5.69 Å². The molecule has 1 aliphatic heterocycles. The summed E-state index contributed by atoms with van der Waals surface area (Å²) in [5.41, 5.74) is 1.63. The SMILES string of the molecule is COCCNc1ccc(C(=O)N2CCC(c3nc4ccccc4s3)CC2)cc1[N+](=O)[O-]. The zero-order chi connectivity index (χ0) is 21.8. The monoisotopic (exact) mass is 440 g/mol. The van der Waals surface area contributed by atoms with Crippen LogP contribution in [0.1, 0.15) is 34.1 Å². The Kier molecular flexibility index (Phi) is 6.43. The highest BCUT2D eigenvalue weighted by atomic mass is 32.1. The Morgan fingerprint density at radius 1 is 1.29 bits per heavy atom. The highest BCUT2D eigenvalue weighted by molar-refractivity contribution is 7.18. The van der Waals surface area contributed by atoms with E-state index in [1.165, 1.54) is 10.8 Å². The van der Waals surface area contributed by atoms with Gasteiger partial charge in [0.15, 0.2) is 0 Å². The fourth-order valence-corrected chi connectivity index (χ4v) is 4.97. The molecule has 0 aliphatic carbocycles. The van der Waals surface area contributed by atoms with Crippen molar-refractivity contribution in [3.63, 3.8) is 0 Å². The average Bonchev–Trinajstić information content (AvgIpc) is 3.23. The number of methoxy groups -OCH3 is 1. The molecule has 4 rings (SSSR count). The summed E-state index contributed by atoms with van der Waals surface area (Å²) in [5.74, 6) is 0.164. The first-order valence-corrected chi connectivity index (χ1v) is 11.0. The summed E-state index contributed by atoms with van der Waals surface area (Å²) in [5, 5.41) is 15.6. The standard InChI is InChI=1S/C22H24N4O4S/c1-30-13-10-23-17-7-6-16(14-19(17)26(28)29)22(27)25-11-8-15(9-12-25)21-24-18-4-2-3-5-20(18)31-21/h2-7,14-15,23H,8-13H2,1H3. The molecule has 1 N–H and O–H groups in total. The Bertz CT molecular complexity index is 1060. The zero-order valence-electron chi connectivity index (χ0n) is 17.2. The molecule has 9 heteroatoms. The Morgan fingerprint density at radius 2 is 2.06 bits per heavy atom. The number of nitro groups is 1. The molecule has 1 amide bonds. The Hall–Kier alpha value is -3.04. The molecule has 31 heavy (non-hydrogen) atoms. The van der Waals surface area contributed by atoms with Gasteiger partial charge in [-0.15, -0.1) is 11.3 Å². The van der Waals surface area contributed by atoms with Crippen LogP contribution in [-0.4, -0.2) is 54.1 Å². The number of carbonyl (C=O) groups is 1. The van der Waals surface area contributed by atoms with Crippen LogP contribution in [0.3, 0.4) is 0 Å². The number of nitro benzene ring substituents is 1. The van der Waals surface area contributed by atoms with Gasteiger partial charge in [-0.25, -0.2) is 4.98 Å². The van der Waals surface area contributed by atoms with Crippen molar-refractivity contribution in [2.45, 2.75) is 18.8 Å². The van der Waals surface area contributed by atoms with Crippen LogP contribution in [0.4, 0.5) is 11.4 Å². The maximum absolute atomic E-state index is 13.0. The molecule has 0 spiro atoms. The van der Waals surface area contributed by atoms with E-state index in [0.29, 0.717) is 43.4 Å². The number of hydrogen-bond donors (Lipinski definition) is 1. The number of rotatable bonds is 7. The minimum atomic E-state index is -0.467. The number of likely N-dealkylation sites (tertiary alicyclic amines) is 1. The third-order valence-electron chi connectivity index (χ3n) is 5.50. The number of anilines is 1. The van der Waals surface area contributed by atoms with Crippen molar-refractivity contribution in [2.75, 3.05) is 38.7 Å². The number of piperidine rings is 1. The predicted molar refractivity (Wildman–Crippen MR) is 121 cm³/mol. The number of fused-ring (bicyclic) bond motifs is 1. The highest BCUT2D eigenvalue weighted by Crippen LogP contribution is 2.34. The fraction of sp³-hybridized carbons (Fsp3) is 0.364. The number of ether oxygens (including phenoxy) is 1. The topological polar surface area (TPSA) is 97.6 Å². The zero-order valence-corrected chi connectivity index (χ0v) is 18.1. The van der Waals surface area contributed by atoms with Gasteiger partial charge in [-0.2, -0.15) is 0 Å². The summed E-state index contributed by atoms with van der Waals surface area (Å²) >= 11 is 1.72. The van der Waals surface area contributed by atoms with E-state index in [-0.39, 0.29) is 11.6 Å². The predicted octanol–water partition coefficient (Wildman–Crippen LogP) is 4.28. The summed E-state index contributed by atoms with van der Waals surface area (Å²) < 4.78 is 6.15. The summed E-state index contributed by atoms with van der Waals surface area (Å²) in [6.07, 6.45) is 1.68. The van der Waals surface area contributed by atoms with E-state index in [1.54, 1.807) is 35.5 Å². The van der Waals surface area contributed by atoms with Crippen LogP contribution in [0.5, 0.6) is 0 Å². The molecular formula is C22H24N4O4S. The Labute approximate surface area is 184 Å². The van der Waals surface area contributed by atoms with Gasteiger partial charge in [-0.3, -0.25) is 14.9 Å². The lowest BCUT2D eigenvalue weighted by atomic mass is 9.97. The third-order valence-corrected chi connectivity index (χ3v) is 6.70. The maximum atomic E-state index is 13.0. The number of aromatic nitrogens is 1. The summed E-state index contributed by atoms with van der Waals surface area (Å²) in [7, 11) is 1.57. The first-order chi connectivity index (χ1) is 15.1. The molecule has 2 heterocycles. The van der Waals surface area contributed by atoms with E-state index < -0.39 is 4.92 Å². The fourth-order valence-electron chi connectivity index (χ4n) is 3.83. The molecule has 0 bridgehead atoms. The molecule has 1 saturated heterocycles. The summed E-state index contributed by atoms with van der Waals surface area (Å²) in [4.78, 5) is 30.5. The van der Waals surface area contributed by atoms with Gasteiger partial charge in [0.05, 0.1) is 26.8 Å². The van der Waals surface area contributed by atoms with E-state index >= 15 is 0 Å². The van der Waals surface area contributed by atoms with Crippen molar-refractivity contribution in [3.8, 4) is 0 Å². The molecule has 2 aromatic carbocycles. The molecule has 8 nitrogen and oxygen atoms in total. The van der Waals surface area contributed by atoms with Crippen LogP contribution in [0, 0.1) is 10.1 Å². The van der Waals surface area contributed by atoms with Gasteiger partial charge in [-0.05, 0) is 37.1 Å². The van der Waals surface area contributed by atoms with Gasteiger partial charge in [-0.1, -0.05) is 12.1 Å². The lowest BCUT2D eigenvalue weighted by Gasteiger charge is -2.31. The number of benzene rings is 2. The number of nitrogens with one attached hydrogen (secondary N) is 1. The molecule has 0 saturated carbocycles. The smallest absolute Gasteiger partial charge is 0.293 e. The van der Waals surface area contributed by atoms with Crippen LogP contribution in [0.25, 0.3) is 10.2 Å². The Balaban J connectivity index is 1.43. The normalized spacial score (nSPS) is 14.7. The van der Waals surface area contributed by atoms with E-state index in [4.69, 9.17) is 9.72 Å². The van der Waals surface area contributed by atoms with E-state index in [0.717, 1.165) is 23.4 Å². The number of para-hydroxylation sites is 1. The molecule has 1 aliphatic rings. The van der Waals surface area contributed by atoms with Crippen LogP contribution < -0.4 is 5.32 Å². The van der Waals surface area contributed by atoms with Crippen molar-refractivity contribution in [2.24, 2.45) is 0 Å². The number of amides is 1. The van der Waals surface area contributed by atoms with Crippen molar-refractivity contribution >= 4 is 38.8 Å². The van der Waals surface area contributed by atoms with Crippen LogP contribution in [0.2, 0.25) is 0 Å². The van der Waals surface area contributed by atoms with Gasteiger partial charge in [0, 0.05) is 44.3 Å². The van der Waals surface area contributed by atoms with Gasteiger partial charge < -0.3 is 15.0 Å². The quantitative estimate of drug-likeness (QED) is 0.334. The first kappa shape index (κ1) is 21.2. The maximum Gasteiger partial charge on any atom is 0.293 e. The van der Waals surface area contributed by atoms with Crippen LogP contribution in [-0.2, 0) is 4.74 Å². The van der Waals surface area contributed by atoms with Crippen molar-refractivity contribution < 1.29 is 14.5 Å². The van der Waals surface area contributed by atoms with E-state index in [2.05, 4.69) is 11.4 Å². The van der Waals surface area contributed by atoms with E-state index in [1.807, 2.05) is 18.2 Å². The third kappa shape index (κ3) is 4.67. The molecule has 3 aromatic rings. The lowest BCUT2D eigenvalue weighted by molar-refractivity contribution is -0.384. The second-order valence-corrected chi connectivity index (χ2v) is 8.56. The lowest BCUT2D eigenvalue weighted by Crippen LogP contribution is -2.37.